The largest absolute Gasteiger partial charge is 1.00 e. The minimum atomic E-state index is -1.13. The molecule has 0 saturated carbocycles. The van der Waals surface area contributed by atoms with Gasteiger partial charge in [0.05, 0.1) is 5.97 Å². The number of hydrogen-bond donors (Lipinski definition) is 1. The van der Waals surface area contributed by atoms with Crippen LogP contribution in [0.25, 0.3) is 0 Å². The third-order valence-corrected chi connectivity index (χ3v) is 1.96. The van der Waals surface area contributed by atoms with E-state index < -0.39 is 12.0 Å². The zero-order valence-electron chi connectivity index (χ0n) is 8.17. The van der Waals surface area contributed by atoms with Gasteiger partial charge >= 0.3 is 29.6 Å². The van der Waals surface area contributed by atoms with Crippen LogP contribution < -0.4 is 40.4 Å². The number of rotatable bonds is 5. The molecule has 66 valence electrons. The summed E-state index contributed by atoms with van der Waals surface area (Å²) in [5.41, 5.74) is 5.40. The predicted octanol–water partition coefficient (Wildman–Crippen LogP) is -3.11. The normalized spacial score (nSPS) is 14.6. The van der Waals surface area contributed by atoms with Gasteiger partial charge in [-0.2, -0.15) is 0 Å². The topological polar surface area (TPSA) is 66.2 Å². The summed E-state index contributed by atoms with van der Waals surface area (Å²) in [6, 6.07) is -0.792. The van der Waals surface area contributed by atoms with E-state index in [1.807, 2.05) is 13.8 Å². The van der Waals surface area contributed by atoms with Crippen LogP contribution in [0.5, 0.6) is 0 Å². The van der Waals surface area contributed by atoms with Gasteiger partial charge in [-0.25, -0.2) is 0 Å². The van der Waals surface area contributed by atoms with E-state index in [1.165, 1.54) is 0 Å². The molecule has 0 aromatic carbocycles. The van der Waals surface area contributed by atoms with Gasteiger partial charge in [-0.3, -0.25) is 0 Å². The Kier molecular flexibility index (Phi) is 10.0. The second-order valence-corrected chi connectivity index (χ2v) is 2.80. The van der Waals surface area contributed by atoms with Gasteiger partial charge < -0.3 is 15.6 Å². The Bertz CT molecular complexity index is 130. The summed E-state index contributed by atoms with van der Waals surface area (Å²) < 4.78 is 0. The summed E-state index contributed by atoms with van der Waals surface area (Å²) in [4.78, 5) is 10.3. The zero-order valence-corrected chi connectivity index (χ0v) is 10.2. The molecule has 0 aromatic rings. The van der Waals surface area contributed by atoms with Crippen LogP contribution in [0.1, 0.15) is 33.1 Å². The Morgan fingerprint density at radius 1 is 1.50 bits per heavy atom. The number of carbonyl (C=O) groups excluding carboxylic acids is 1. The molecule has 0 aliphatic rings. The maximum Gasteiger partial charge on any atom is 1.00 e. The van der Waals surface area contributed by atoms with Gasteiger partial charge in [0, 0.05) is 6.04 Å². The van der Waals surface area contributed by atoms with Gasteiger partial charge in [0.15, 0.2) is 0 Å². The molecule has 0 aliphatic heterocycles. The molecule has 4 heteroatoms. The van der Waals surface area contributed by atoms with Crippen LogP contribution in [-0.4, -0.2) is 12.0 Å². The van der Waals surface area contributed by atoms with Crippen molar-refractivity contribution in [2.24, 2.45) is 11.7 Å². The molecule has 0 fully saturated rings. The van der Waals surface area contributed by atoms with Crippen molar-refractivity contribution in [2.45, 2.75) is 39.2 Å². The van der Waals surface area contributed by atoms with Gasteiger partial charge in [-0.15, -0.1) is 0 Å². The molecule has 0 radical (unpaired) electrons. The van der Waals surface area contributed by atoms with E-state index in [4.69, 9.17) is 5.73 Å². The minimum Gasteiger partial charge on any atom is -0.548 e. The first-order chi connectivity index (χ1) is 5.13. The van der Waals surface area contributed by atoms with Gasteiger partial charge in [-0.1, -0.05) is 26.7 Å². The average Bonchev–Trinajstić information content (AvgIpc) is 1.98. The van der Waals surface area contributed by atoms with Crippen molar-refractivity contribution in [2.75, 3.05) is 0 Å². The molecule has 12 heavy (non-hydrogen) atoms. The molecule has 2 atom stereocenters. The van der Waals surface area contributed by atoms with Crippen LogP contribution in [0.3, 0.4) is 0 Å². The van der Waals surface area contributed by atoms with Crippen LogP contribution in [0.4, 0.5) is 0 Å². The van der Waals surface area contributed by atoms with E-state index in [-0.39, 0.29) is 35.5 Å². The molecule has 0 heterocycles. The third kappa shape index (κ3) is 5.14. The van der Waals surface area contributed by atoms with E-state index in [0.29, 0.717) is 0 Å². The van der Waals surface area contributed by atoms with E-state index in [2.05, 4.69) is 0 Å². The third-order valence-electron chi connectivity index (χ3n) is 1.96. The summed E-state index contributed by atoms with van der Waals surface area (Å²) in [5.74, 6) is -1.06. The van der Waals surface area contributed by atoms with E-state index in [9.17, 15) is 9.90 Å². The Morgan fingerprint density at radius 2 is 2.00 bits per heavy atom. The van der Waals surface area contributed by atoms with Gasteiger partial charge in [0.2, 0.25) is 0 Å². The zero-order chi connectivity index (χ0) is 8.85. The number of aliphatic carboxylic acids is 1. The Balaban J connectivity index is 0. The summed E-state index contributed by atoms with van der Waals surface area (Å²) in [7, 11) is 0. The standard InChI is InChI=1S/C8H17NO2.Na/c1-3-5-6(4-2)7(9)8(10)11;/h6-7H,3-5,9H2,1-2H3,(H,10,11);/q;+1/p-1. The molecular formula is C8H16NNaO2. The first-order valence-electron chi connectivity index (χ1n) is 4.09. The molecule has 0 rings (SSSR count). The maximum absolute atomic E-state index is 10.3. The SMILES string of the molecule is CCCC(CC)C(N)C(=O)[O-].[Na+]. The Morgan fingerprint density at radius 3 is 2.25 bits per heavy atom. The van der Waals surface area contributed by atoms with Crippen molar-refractivity contribution in [3.05, 3.63) is 0 Å². The van der Waals surface area contributed by atoms with Crippen LogP contribution in [0, 0.1) is 5.92 Å². The summed E-state index contributed by atoms with van der Waals surface area (Å²) in [6.45, 7) is 3.97. The molecule has 0 saturated heterocycles. The smallest absolute Gasteiger partial charge is 0.548 e. The molecule has 0 bridgehead atoms. The average molecular weight is 181 g/mol. The first-order valence-corrected chi connectivity index (χ1v) is 4.09. The summed E-state index contributed by atoms with van der Waals surface area (Å²) in [5, 5.41) is 10.3. The van der Waals surface area contributed by atoms with Gasteiger partial charge in [0.1, 0.15) is 0 Å². The monoisotopic (exact) mass is 181 g/mol. The number of carbonyl (C=O) groups is 1. The Labute approximate surface area is 96.0 Å². The number of carboxylic acids is 1. The van der Waals surface area contributed by atoms with Crippen LogP contribution in [0.2, 0.25) is 0 Å². The van der Waals surface area contributed by atoms with E-state index in [1.54, 1.807) is 0 Å². The first kappa shape index (κ1) is 14.9. The summed E-state index contributed by atoms with van der Waals surface area (Å²) >= 11 is 0. The van der Waals surface area contributed by atoms with Crippen molar-refractivity contribution >= 4 is 5.97 Å². The van der Waals surface area contributed by atoms with Crippen molar-refractivity contribution in [3.8, 4) is 0 Å². The molecule has 2 N–H and O–H groups in total. The number of carboxylic acid groups (broad SMARTS) is 1. The number of nitrogens with two attached hydrogens (primary N) is 1. The molecule has 0 spiro atoms. The maximum atomic E-state index is 10.3. The van der Waals surface area contributed by atoms with Gasteiger partial charge in [-0.05, 0) is 12.3 Å². The van der Waals surface area contributed by atoms with Crippen LogP contribution in [-0.2, 0) is 4.79 Å². The molecule has 2 unspecified atom stereocenters. The fourth-order valence-corrected chi connectivity index (χ4v) is 1.20. The predicted molar refractivity (Wildman–Crippen MR) is 41.7 cm³/mol. The second kappa shape index (κ2) is 8.05. The van der Waals surface area contributed by atoms with Crippen molar-refractivity contribution < 1.29 is 39.5 Å². The van der Waals surface area contributed by atoms with Crippen molar-refractivity contribution in [1.29, 1.82) is 0 Å². The summed E-state index contributed by atoms with van der Waals surface area (Å²) in [6.07, 6.45) is 2.65. The van der Waals surface area contributed by atoms with Crippen LogP contribution >= 0.6 is 0 Å². The fraction of sp³-hybridized carbons (Fsp3) is 0.875. The molecular weight excluding hydrogens is 165 g/mol. The van der Waals surface area contributed by atoms with Crippen molar-refractivity contribution in [3.63, 3.8) is 0 Å². The van der Waals surface area contributed by atoms with E-state index in [0.717, 1.165) is 19.3 Å². The van der Waals surface area contributed by atoms with Gasteiger partial charge in [0.25, 0.3) is 0 Å². The fourth-order valence-electron chi connectivity index (χ4n) is 1.20. The molecule has 0 amide bonds. The minimum absolute atomic E-state index is 0. The molecule has 3 nitrogen and oxygen atoms in total. The van der Waals surface area contributed by atoms with Crippen LogP contribution in [0.15, 0.2) is 0 Å². The van der Waals surface area contributed by atoms with Crippen molar-refractivity contribution in [1.82, 2.24) is 0 Å². The quantitative estimate of drug-likeness (QED) is 0.457. The second-order valence-electron chi connectivity index (χ2n) is 2.80. The number of hydrogen-bond acceptors (Lipinski definition) is 3. The molecule has 0 aromatic heterocycles. The van der Waals surface area contributed by atoms with E-state index >= 15 is 0 Å². The molecule has 0 aliphatic carbocycles. The Hall–Kier alpha value is 0.430.